The number of nitrogens with zero attached hydrogens (tertiary/aromatic N) is 8. The lowest BCUT2D eigenvalue weighted by Gasteiger charge is -2.32. The number of halogens is 12. The number of rotatable bonds is 17. The second kappa shape index (κ2) is 32.6. The van der Waals surface area contributed by atoms with E-state index in [1.165, 1.54) is 127 Å². The Hall–Kier alpha value is -9.60. The molecule has 104 heavy (non-hydrogen) atoms. The highest BCUT2D eigenvalue weighted by Crippen LogP contribution is 2.51. The number of aromatic nitrogens is 6. The molecule has 0 radical (unpaired) electrons. The Labute approximate surface area is 591 Å². The quantitative estimate of drug-likeness (QED) is 0.0467. The van der Waals surface area contributed by atoms with Crippen LogP contribution >= 0.6 is 0 Å². The predicted molar refractivity (Wildman–Crippen MR) is 350 cm³/mol. The SMILES string of the molecule is C=CCC[C@@H](C)Oc1nc(-c2nnc([C@@](CC=C)(OCc3ccccc3)C(F)(F)F)o2)c(N(C(=O)OC(C)(C)C)C(=O)OC(C)(C)C)cc1C(F)(F)F.C[C@@H]1CCC=CC[C@](OCc2ccccc2)(C(F)(F)F)c2nnc(o2)-c2nc(c(C(F)(F)F)cc2N(C(=O)OC(C)(C)C)C(=O)OC(C)(C)C)O1. The minimum Gasteiger partial charge on any atom is -0.474 e. The van der Waals surface area contributed by atoms with Gasteiger partial charge in [-0.3, -0.25) is 0 Å². The first kappa shape index (κ1) is 83.3. The summed E-state index contributed by atoms with van der Waals surface area (Å²) in [5.74, 6) is -6.22. The molecule has 0 saturated heterocycles. The maximum Gasteiger partial charge on any atom is 0.426 e. The van der Waals surface area contributed by atoms with Crippen molar-refractivity contribution < 1.29 is 119 Å². The number of imide groups is 2. The lowest BCUT2D eigenvalue weighted by molar-refractivity contribution is -0.296. The van der Waals surface area contributed by atoms with Crippen molar-refractivity contribution in [2.24, 2.45) is 0 Å². The fourth-order valence-corrected chi connectivity index (χ4v) is 9.32. The first-order chi connectivity index (χ1) is 47.9. The van der Waals surface area contributed by atoms with Crippen molar-refractivity contribution in [1.82, 2.24) is 30.4 Å². The van der Waals surface area contributed by atoms with Crippen molar-refractivity contribution >= 4 is 35.7 Å². The Balaban J connectivity index is 0.000000327. The van der Waals surface area contributed by atoms with Gasteiger partial charge in [-0.05, 0) is 146 Å². The van der Waals surface area contributed by atoms with Crippen LogP contribution in [0.4, 0.5) is 83.2 Å². The van der Waals surface area contributed by atoms with Crippen LogP contribution in [-0.2, 0) is 65.2 Å². The highest BCUT2D eigenvalue weighted by molar-refractivity contribution is 6.12. The van der Waals surface area contributed by atoms with Gasteiger partial charge >= 0.3 is 49.1 Å². The van der Waals surface area contributed by atoms with Gasteiger partial charge in [0.05, 0.1) is 36.8 Å². The number of carbonyl (C=O) groups is 4. The molecule has 4 atom stereocenters. The largest absolute Gasteiger partial charge is 0.474 e. The van der Waals surface area contributed by atoms with Gasteiger partial charge < -0.3 is 46.7 Å². The molecule has 0 spiro atoms. The van der Waals surface area contributed by atoms with Crippen LogP contribution in [0.15, 0.2) is 119 Å². The van der Waals surface area contributed by atoms with E-state index in [2.05, 4.69) is 43.5 Å². The van der Waals surface area contributed by atoms with Crippen molar-refractivity contribution in [3.63, 3.8) is 0 Å². The van der Waals surface area contributed by atoms with Crippen molar-refractivity contribution in [3.8, 4) is 34.9 Å². The van der Waals surface area contributed by atoms with E-state index in [4.69, 9.17) is 46.7 Å². The molecule has 6 aromatic rings. The zero-order chi connectivity index (χ0) is 78.0. The summed E-state index contributed by atoms with van der Waals surface area (Å²) < 4.78 is 233. The minimum absolute atomic E-state index is 0.0663. The molecule has 0 N–H and O–H groups in total. The molecule has 0 saturated carbocycles. The van der Waals surface area contributed by atoms with Crippen LogP contribution in [0.2, 0.25) is 0 Å². The van der Waals surface area contributed by atoms with Crippen LogP contribution in [0.25, 0.3) is 23.2 Å². The molecule has 2 aromatic carbocycles. The number of hydrogen-bond acceptors (Lipinski definition) is 20. The number of anilines is 2. The topological polar surface area (TPSA) is 252 Å². The number of pyridine rings is 2. The number of fused-ring (bicyclic) bond motifs is 5. The van der Waals surface area contributed by atoms with Gasteiger partial charge in [0.1, 0.15) is 33.5 Å². The van der Waals surface area contributed by atoms with Crippen LogP contribution in [0, 0.1) is 0 Å². The summed E-state index contributed by atoms with van der Waals surface area (Å²) in [4.78, 5) is 62.5. The van der Waals surface area contributed by atoms with E-state index in [-0.39, 0.29) is 29.1 Å². The summed E-state index contributed by atoms with van der Waals surface area (Å²) in [6.07, 6.45) is -24.7. The summed E-state index contributed by atoms with van der Waals surface area (Å²) in [7, 11) is 0. The molecule has 568 valence electrons. The van der Waals surface area contributed by atoms with E-state index in [0.717, 1.165) is 6.08 Å². The van der Waals surface area contributed by atoms with Crippen molar-refractivity contribution in [3.05, 3.63) is 144 Å². The third kappa shape index (κ3) is 22.0. The molecular weight excluding hydrogens is 1400 g/mol. The predicted octanol–water partition coefficient (Wildman–Crippen LogP) is 19.4. The van der Waals surface area contributed by atoms with Crippen molar-refractivity contribution in [2.75, 3.05) is 9.80 Å². The maximum atomic E-state index is 15.2. The number of hydrogen-bond donors (Lipinski definition) is 0. The van der Waals surface area contributed by atoms with Crippen LogP contribution in [0.5, 0.6) is 11.8 Å². The normalized spacial score (nSPS) is 16.4. The minimum atomic E-state index is -5.22. The number of alkyl halides is 12. The van der Waals surface area contributed by atoms with Gasteiger partial charge in [0.2, 0.25) is 23.0 Å². The Kier molecular flexibility index (Phi) is 26.1. The first-order valence-corrected chi connectivity index (χ1v) is 32.1. The van der Waals surface area contributed by atoms with Gasteiger partial charge in [0, 0.05) is 12.8 Å². The highest BCUT2D eigenvalue weighted by Gasteiger charge is 2.62. The van der Waals surface area contributed by atoms with E-state index >= 15 is 13.2 Å². The lowest BCUT2D eigenvalue weighted by atomic mass is 9.97. The van der Waals surface area contributed by atoms with Gasteiger partial charge in [-0.1, -0.05) is 85.0 Å². The van der Waals surface area contributed by atoms with Crippen molar-refractivity contribution in [2.45, 2.75) is 219 Å². The summed E-state index contributed by atoms with van der Waals surface area (Å²) >= 11 is 0. The lowest BCUT2D eigenvalue weighted by Crippen LogP contribution is -2.45. The fourth-order valence-electron chi connectivity index (χ4n) is 9.32. The molecule has 4 amide bonds. The monoisotopic (exact) mass is 1480 g/mol. The molecule has 34 heteroatoms. The Morgan fingerprint density at radius 3 is 1.52 bits per heavy atom. The van der Waals surface area contributed by atoms with Crippen LogP contribution in [-0.4, -0.2) is 102 Å². The standard InChI is InChI=1S/C36H42F6N4O7.C34H38F6N4O7/c1-10-12-16-22(3)50-27-24(35(37,38)39)20-25(46(30(47)52-32(4,5)6)31(48)53-33(7,8)9)26(43-27)28-44-45-29(51-28)34(19-11-2,36(40,41)42)49-21-23-17-14-13-15-18-23;1-20-14-10-9-13-17-32(34(38,39)40,47-19-21-15-11-8-12-16-21)27-43-42-26(49-27)24-23(18-22(33(35,36)37)25(41-24)48-20)44(28(45)50-30(2,3)4)29(46)51-31(5,6)7/h10-11,13-15,17-18,20,22H,1-2,12,16,19,21H2,3-9H3;8-9,11-13,15-16,18,20H,10,14,17,19H2,1-7H3/t22-,34-;20-,32-/m11/s1. The Morgan fingerprint density at radius 1 is 0.606 bits per heavy atom. The van der Waals surface area contributed by atoms with Crippen LogP contribution < -0.4 is 19.3 Å². The number of benzene rings is 2. The van der Waals surface area contributed by atoms with E-state index in [0.29, 0.717) is 29.7 Å². The molecule has 1 aliphatic rings. The number of ether oxygens (including phenoxy) is 8. The second-order valence-electron chi connectivity index (χ2n) is 27.5. The summed E-state index contributed by atoms with van der Waals surface area (Å²) in [5, 5.41) is 14.7. The smallest absolute Gasteiger partial charge is 0.426 e. The molecular formula is C70H80F12N8O14. The van der Waals surface area contributed by atoms with Crippen LogP contribution in [0.1, 0.15) is 169 Å². The van der Waals surface area contributed by atoms with E-state index < -0.39 is 190 Å². The molecule has 4 bridgehead atoms. The molecule has 5 heterocycles. The molecule has 4 aromatic heterocycles. The van der Waals surface area contributed by atoms with Gasteiger partial charge in [0.25, 0.3) is 23.6 Å². The molecule has 22 nitrogen and oxygen atoms in total. The van der Waals surface area contributed by atoms with E-state index in [9.17, 15) is 58.7 Å². The molecule has 1 aliphatic heterocycles. The number of amides is 4. The van der Waals surface area contributed by atoms with Gasteiger partial charge in [-0.15, -0.1) is 33.6 Å². The maximum absolute atomic E-state index is 15.2. The number of allylic oxidation sites excluding steroid dienone is 2. The molecule has 7 rings (SSSR count). The Morgan fingerprint density at radius 2 is 1.07 bits per heavy atom. The van der Waals surface area contributed by atoms with Gasteiger partial charge in [-0.25, -0.2) is 29.1 Å². The molecule has 0 aliphatic carbocycles. The third-order valence-corrected chi connectivity index (χ3v) is 14.0. The summed E-state index contributed by atoms with van der Waals surface area (Å²) in [6, 6.07) is 16.5. The van der Waals surface area contributed by atoms with Crippen LogP contribution in [0.3, 0.4) is 0 Å². The van der Waals surface area contributed by atoms with Gasteiger partial charge in [-0.2, -0.15) is 62.5 Å². The fraction of sp³-hybridized carbons (Fsp3) is 0.486. The molecule has 0 unspecified atom stereocenters. The first-order valence-electron chi connectivity index (χ1n) is 32.1. The average molecular weight is 1490 g/mol. The highest BCUT2D eigenvalue weighted by atomic mass is 19.4. The van der Waals surface area contributed by atoms with Gasteiger partial charge in [0.15, 0.2) is 11.4 Å². The molecule has 0 fully saturated rings. The van der Waals surface area contributed by atoms with Crippen molar-refractivity contribution in [1.29, 1.82) is 0 Å². The van der Waals surface area contributed by atoms with E-state index in [1.807, 2.05) is 0 Å². The van der Waals surface area contributed by atoms with E-state index in [1.54, 1.807) is 48.5 Å². The zero-order valence-corrected chi connectivity index (χ0v) is 59.3. The number of carbonyl (C=O) groups excluding carboxylic acids is 4. The average Bonchev–Trinajstić information content (AvgIpc) is 1.32. The third-order valence-electron chi connectivity index (χ3n) is 14.0. The second-order valence-corrected chi connectivity index (χ2v) is 27.5. The summed E-state index contributed by atoms with van der Waals surface area (Å²) in [6.45, 7) is 25.9. The summed E-state index contributed by atoms with van der Waals surface area (Å²) in [5.41, 5.74) is -17.6. The Bertz CT molecular complexity index is 3930. The zero-order valence-electron chi connectivity index (χ0n) is 59.3.